The molecular formula is C16H29N3O2. The summed E-state index contributed by atoms with van der Waals surface area (Å²) < 4.78 is 11.0. The molecule has 5 heteroatoms. The first kappa shape index (κ1) is 17.9. The van der Waals surface area contributed by atoms with Crippen LogP contribution in [0.5, 0.6) is 0 Å². The van der Waals surface area contributed by atoms with Crippen molar-refractivity contribution in [1.29, 1.82) is 0 Å². The molecule has 21 heavy (non-hydrogen) atoms. The van der Waals surface area contributed by atoms with E-state index in [2.05, 4.69) is 16.0 Å². The summed E-state index contributed by atoms with van der Waals surface area (Å²) in [5.74, 6) is 0.995. The van der Waals surface area contributed by atoms with Gasteiger partial charge < -0.3 is 20.1 Å². The zero-order valence-electron chi connectivity index (χ0n) is 13.5. The van der Waals surface area contributed by atoms with Crippen LogP contribution in [0.25, 0.3) is 0 Å². The van der Waals surface area contributed by atoms with Gasteiger partial charge in [0.25, 0.3) is 0 Å². The number of rotatable bonds is 11. The van der Waals surface area contributed by atoms with Gasteiger partial charge in [-0.25, -0.2) is 4.98 Å². The van der Waals surface area contributed by atoms with Crippen LogP contribution in [0.1, 0.15) is 26.3 Å². The molecule has 0 radical (unpaired) electrons. The summed E-state index contributed by atoms with van der Waals surface area (Å²) in [7, 11) is 0. The first-order valence-corrected chi connectivity index (χ1v) is 7.78. The average Bonchev–Trinajstić information content (AvgIpc) is 2.46. The Morgan fingerprint density at radius 1 is 1.19 bits per heavy atom. The van der Waals surface area contributed by atoms with Crippen molar-refractivity contribution in [2.45, 2.75) is 33.2 Å². The molecule has 5 nitrogen and oxygen atoms in total. The largest absolute Gasteiger partial charge is 0.380 e. The fraction of sp³-hybridized carbons (Fsp3) is 0.688. The minimum atomic E-state index is 0.119. The lowest BCUT2D eigenvalue weighted by Gasteiger charge is -2.26. The summed E-state index contributed by atoms with van der Waals surface area (Å²) in [5, 5.41) is 0. The normalized spacial score (nSPS) is 12.4. The van der Waals surface area contributed by atoms with E-state index in [1.165, 1.54) is 5.56 Å². The molecule has 1 heterocycles. The second-order valence-corrected chi connectivity index (χ2v) is 5.05. The minimum absolute atomic E-state index is 0.119. The number of anilines is 1. The summed E-state index contributed by atoms with van der Waals surface area (Å²) in [5.41, 5.74) is 7.12. The molecule has 0 aliphatic rings. The summed E-state index contributed by atoms with van der Waals surface area (Å²) in [6.45, 7) is 10.5. The van der Waals surface area contributed by atoms with Crippen molar-refractivity contribution < 1.29 is 9.47 Å². The van der Waals surface area contributed by atoms with Gasteiger partial charge in [-0.05, 0) is 38.8 Å². The molecule has 0 aliphatic carbocycles. The number of hydrogen-bond donors (Lipinski definition) is 1. The number of pyridine rings is 1. The Bertz CT molecular complexity index is 376. The van der Waals surface area contributed by atoms with E-state index in [1.54, 1.807) is 0 Å². The van der Waals surface area contributed by atoms with Gasteiger partial charge in [0.15, 0.2) is 0 Å². The average molecular weight is 295 g/mol. The smallest absolute Gasteiger partial charge is 0.131 e. The van der Waals surface area contributed by atoms with E-state index in [-0.39, 0.29) is 6.04 Å². The highest BCUT2D eigenvalue weighted by molar-refractivity contribution is 5.47. The Morgan fingerprint density at radius 3 is 2.33 bits per heavy atom. The van der Waals surface area contributed by atoms with E-state index in [0.29, 0.717) is 13.2 Å². The minimum Gasteiger partial charge on any atom is -0.380 e. The van der Waals surface area contributed by atoms with Gasteiger partial charge in [0.05, 0.1) is 13.2 Å². The van der Waals surface area contributed by atoms with Crippen LogP contribution in [0.4, 0.5) is 5.82 Å². The molecule has 0 bridgehead atoms. The van der Waals surface area contributed by atoms with Gasteiger partial charge in [0, 0.05) is 38.5 Å². The number of ether oxygens (including phenoxy) is 2. The van der Waals surface area contributed by atoms with E-state index in [1.807, 2.05) is 33.0 Å². The van der Waals surface area contributed by atoms with Gasteiger partial charge in [-0.2, -0.15) is 0 Å². The Balaban J connectivity index is 2.79. The van der Waals surface area contributed by atoms with Crippen LogP contribution in [-0.4, -0.2) is 50.5 Å². The molecule has 0 aromatic carbocycles. The van der Waals surface area contributed by atoms with Crippen LogP contribution in [0.3, 0.4) is 0 Å². The molecule has 0 aliphatic heterocycles. The van der Waals surface area contributed by atoms with Crippen LogP contribution < -0.4 is 10.6 Å². The molecule has 2 N–H and O–H groups in total. The predicted molar refractivity (Wildman–Crippen MR) is 86.8 cm³/mol. The molecule has 1 aromatic rings. The molecule has 1 unspecified atom stereocenters. The Morgan fingerprint density at radius 2 is 1.81 bits per heavy atom. The van der Waals surface area contributed by atoms with E-state index in [9.17, 15) is 0 Å². The van der Waals surface area contributed by atoms with Gasteiger partial charge in [0.2, 0.25) is 0 Å². The standard InChI is InChI=1S/C16H29N3O2/c1-4-20-11-9-19(10-12-21-5-2)16-15(13-14(3)17)7-6-8-18-16/h6-8,14H,4-5,9-13,17H2,1-3H3. The van der Waals surface area contributed by atoms with E-state index in [0.717, 1.165) is 38.5 Å². The van der Waals surface area contributed by atoms with Gasteiger partial charge >= 0.3 is 0 Å². The molecule has 0 saturated heterocycles. The fourth-order valence-electron chi connectivity index (χ4n) is 2.18. The van der Waals surface area contributed by atoms with Crippen molar-refractivity contribution in [3.8, 4) is 0 Å². The van der Waals surface area contributed by atoms with Gasteiger partial charge in [-0.15, -0.1) is 0 Å². The molecular weight excluding hydrogens is 266 g/mol. The van der Waals surface area contributed by atoms with E-state index >= 15 is 0 Å². The monoisotopic (exact) mass is 295 g/mol. The zero-order chi connectivity index (χ0) is 15.5. The van der Waals surface area contributed by atoms with Gasteiger partial charge in [0.1, 0.15) is 5.82 Å². The van der Waals surface area contributed by atoms with Gasteiger partial charge in [-0.3, -0.25) is 0 Å². The van der Waals surface area contributed by atoms with E-state index < -0.39 is 0 Å². The maximum Gasteiger partial charge on any atom is 0.131 e. The van der Waals surface area contributed by atoms with E-state index in [4.69, 9.17) is 15.2 Å². The molecule has 0 amide bonds. The predicted octanol–water partition coefficient (Wildman–Crippen LogP) is 1.85. The summed E-state index contributed by atoms with van der Waals surface area (Å²) in [6, 6.07) is 4.18. The Kier molecular flexibility index (Phi) is 8.98. The molecule has 0 saturated carbocycles. The van der Waals surface area contributed by atoms with Crippen molar-refractivity contribution in [2.75, 3.05) is 44.4 Å². The summed E-state index contributed by atoms with van der Waals surface area (Å²) >= 11 is 0. The van der Waals surface area contributed by atoms with Crippen LogP contribution in [0.15, 0.2) is 18.3 Å². The number of hydrogen-bond acceptors (Lipinski definition) is 5. The maximum absolute atomic E-state index is 5.94. The van der Waals surface area contributed by atoms with Crippen molar-refractivity contribution in [3.05, 3.63) is 23.9 Å². The van der Waals surface area contributed by atoms with Crippen LogP contribution in [-0.2, 0) is 15.9 Å². The number of nitrogens with zero attached hydrogens (tertiary/aromatic N) is 2. The first-order chi connectivity index (χ1) is 10.2. The summed E-state index contributed by atoms with van der Waals surface area (Å²) in [6.07, 6.45) is 2.65. The quantitative estimate of drug-likeness (QED) is 0.631. The third kappa shape index (κ3) is 6.89. The molecule has 1 rings (SSSR count). The van der Waals surface area contributed by atoms with Crippen molar-refractivity contribution in [3.63, 3.8) is 0 Å². The van der Waals surface area contributed by atoms with Crippen molar-refractivity contribution in [2.24, 2.45) is 5.73 Å². The first-order valence-electron chi connectivity index (χ1n) is 7.78. The van der Waals surface area contributed by atoms with Crippen molar-refractivity contribution in [1.82, 2.24) is 4.98 Å². The third-order valence-electron chi connectivity index (χ3n) is 3.13. The topological polar surface area (TPSA) is 60.6 Å². The van der Waals surface area contributed by atoms with Crippen LogP contribution in [0.2, 0.25) is 0 Å². The zero-order valence-corrected chi connectivity index (χ0v) is 13.5. The van der Waals surface area contributed by atoms with Crippen LogP contribution in [0, 0.1) is 0 Å². The SMILES string of the molecule is CCOCCN(CCOCC)c1ncccc1CC(C)N. The molecule has 1 atom stereocenters. The molecule has 120 valence electrons. The lowest BCUT2D eigenvalue weighted by molar-refractivity contribution is 0.141. The maximum atomic E-state index is 5.94. The third-order valence-corrected chi connectivity index (χ3v) is 3.13. The highest BCUT2D eigenvalue weighted by Crippen LogP contribution is 2.18. The lowest BCUT2D eigenvalue weighted by atomic mass is 10.1. The summed E-state index contributed by atoms with van der Waals surface area (Å²) in [4.78, 5) is 6.77. The van der Waals surface area contributed by atoms with Crippen molar-refractivity contribution >= 4 is 5.82 Å². The van der Waals surface area contributed by atoms with Crippen LogP contribution >= 0.6 is 0 Å². The highest BCUT2D eigenvalue weighted by Gasteiger charge is 2.13. The fourth-order valence-corrected chi connectivity index (χ4v) is 2.18. The molecule has 0 fully saturated rings. The molecule has 0 spiro atoms. The Hall–Kier alpha value is -1.17. The van der Waals surface area contributed by atoms with Gasteiger partial charge in [-0.1, -0.05) is 6.07 Å². The number of aromatic nitrogens is 1. The number of nitrogens with two attached hydrogens (primary N) is 1. The molecule has 1 aromatic heterocycles. The second kappa shape index (κ2) is 10.5. The second-order valence-electron chi connectivity index (χ2n) is 5.05. The highest BCUT2D eigenvalue weighted by atomic mass is 16.5. The Labute approximate surface area is 128 Å². The lowest BCUT2D eigenvalue weighted by Crippen LogP contribution is -2.33.